The fourth-order valence-electron chi connectivity index (χ4n) is 5.68. The number of hydrogen-bond acceptors (Lipinski definition) is 5. The van der Waals surface area contributed by atoms with Gasteiger partial charge in [-0.15, -0.1) is 0 Å². The van der Waals surface area contributed by atoms with Crippen LogP contribution < -0.4 is 0 Å². The van der Waals surface area contributed by atoms with E-state index < -0.39 is 10.8 Å². The minimum Gasteiger partial charge on any atom is -0.472 e. The smallest absolute Gasteiger partial charge is 0.317 e. The van der Waals surface area contributed by atoms with E-state index in [2.05, 4.69) is 6.58 Å². The average Bonchev–Trinajstić information content (AvgIpc) is 3.25. The molecule has 3 heterocycles. The molecule has 2 aliphatic carbocycles. The molecular weight excluding hydrogens is 308 g/mol. The molecule has 2 saturated carbocycles. The van der Waals surface area contributed by atoms with Crippen LogP contribution >= 0.6 is 0 Å². The molecule has 0 aromatic carbocycles. The number of hydrogen-bond donors (Lipinski definition) is 0. The molecule has 4 aliphatic rings. The van der Waals surface area contributed by atoms with Crippen LogP contribution in [0.3, 0.4) is 0 Å². The van der Waals surface area contributed by atoms with Gasteiger partial charge in [-0.05, 0) is 37.7 Å². The summed E-state index contributed by atoms with van der Waals surface area (Å²) < 4.78 is 16.5. The van der Waals surface area contributed by atoms with Gasteiger partial charge < -0.3 is 13.9 Å². The lowest BCUT2D eigenvalue weighted by atomic mass is 9.48. The maximum Gasteiger partial charge on any atom is 0.317 e. The SMILES string of the molecule is C=C1CC[C@@]23C[C@@H](CC[C@@H]2[C@]12C[C@H](c1ccoc1)OC2=O)OC3=O. The van der Waals surface area contributed by atoms with Crippen LogP contribution in [0.1, 0.15) is 50.2 Å². The highest BCUT2D eigenvalue weighted by Crippen LogP contribution is 2.67. The molecule has 2 bridgehead atoms. The van der Waals surface area contributed by atoms with E-state index in [0.29, 0.717) is 12.8 Å². The van der Waals surface area contributed by atoms with Gasteiger partial charge in [0, 0.05) is 18.4 Å². The summed E-state index contributed by atoms with van der Waals surface area (Å²) in [5, 5.41) is 0. The van der Waals surface area contributed by atoms with Crippen LogP contribution in [0.2, 0.25) is 0 Å². The highest BCUT2D eigenvalue weighted by molar-refractivity contribution is 5.88. The van der Waals surface area contributed by atoms with Crippen molar-refractivity contribution in [2.45, 2.75) is 50.7 Å². The fourth-order valence-corrected chi connectivity index (χ4v) is 5.68. The molecule has 2 saturated heterocycles. The average molecular weight is 328 g/mol. The van der Waals surface area contributed by atoms with Crippen molar-refractivity contribution < 1.29 is 23.5 Å². The summed E-state index contributed by atoms with van der Waals surface area (Å²) in [4.78, 5) is 25.7. The molecule has 5 atom stereocenters. The normalized spacial score (nSPS) is 43.7. The monoisotopic (exact) mass is 328 g/mol. The molecule has 24 heavy (non-hydrogen) atoms. The maximum atomic E-state index is 13.0. The second-order valence-electron chi connectivity index (χ2n) is 7.75. The Morgan fingerprint density at radius 2 is 2.00 bits per heavy atom. The number of furan rings is 1. The van der Waals surface area contributed by atoms with Crippen LogP contribution in [-0.4, -0.2) is 18.0 Å². The molecule has 1 aromatic rings. The zero-order valence-electron chi connectivity index (χ0n) is 13.5. The molecule has 0 unspecified atom stereocenters. The first-order valence-electron chi connectivity index (χ1n) is 8.69. The van der Waals surface area contributed by atoms with E-state index in [1.807, 2.05) is 6.07 Å². The lowest BCUT2D eigenvalue weighted by Gasteiger charge is -2.50. The molecule has 5 rings (SSSR count). The summed E-state index contributed by atoms with van der Waals surface area (Å²) in [6, 6.07) is 1.83. The largest absolute Gasteiger partial charge is 0.472 e. The minimum atomic E-state index is -0.755. The summed E-state index contributed by atoms with van der Waals surface area (Å²) in [7, 11) is 0. The van der Waals surface area contributed by atoms with Gasteiger partial charge in [0.1, 0.15) is 12.2 Å². The van der Waals surface area contributed by atoms with Gasteiger partial charge >= 0.3 is 11.9 Å². The summed E-state index contributed by atoms with van der Waals surface area (Å²) in [5.74, 6) is -0.385. The van der Waals surface area contributed by atoms with Gasteiger partial charge in [-0.25, -0.2) is 0 Å². The minimum absolute atomic E-state index is 0.0271. The number of carbonyl (C=O) groups is 2. The van der Waals surface area contributed by atoms with E-state index in [-0.39, 0.29) is 30.1 Å². The van der Waals surface area contributed by atoms with Gasteiger partial charge in [-0.1, -0.05) is 12.2 Å². The molecule has 5 heteroatoms. The van der Waals surface area contributed by atoms with Gasteiger partial charge in [-0.2, -0.15) is 0 Å². The van der Waals surface area contributed by atoms with Crippen LogP contribution in [-0.2, 0) is 19.1 Å². The highest BCUT2D eigenvalue weighted by atomic mass is 16.6. The van der Waals surface area contributed by atoms with E-state index in [1.54, 1.807) is 12.5 Å². The van der Waals surface area contributed by atoms with Gasteiger partial charge in [0.25, 0.3) is 0 Å². The Balaban J connectivity index is 1.59. The Labute approximate surface area is 140 Å². The van der Waals surface area contributed by atoms with Gasteiger partial charge in [0.15, 0.2) is 0 Å². The Kier molecular flexibility index (Phi) is 2.70. The summed E-state index contributed by atoms with van der Waals surface area (Å²) in [6.45, 7) is 4.23. The van der Waals surface area contributed by atoms with Crippen molar-refractivity contribution in [3.63, 3.8) is 0 Å². The third-order valence-electron chi connectivity index (χ3n) is 6.85. The van der Waals surface area contributed by atoms with E-state index >= 15 is 0 Å². The molecule has 2 spiro atoms. The first-order chi connectivity index (χ1) is 11.6. The maximum absolute atomic E-state index is 13.0. The number of fused-ring (bicyclic) bond motifs is 2. The molecule has 4 fully saturated rings. The van der Waals surface area contributed by atoms with Crippen molar-refractivity contribution in [2.24, 2.45) is 16.7 Å². The van der Waals surface area contributed by atoms with Crippen molar-refractivity contribution in [1.29, 1.82) is 0 Å². The van der Waals surface area contributed by atoms with E-state index in [9.17, 15) is 9.59 Å². The molecule has 0 amide bonds. The van der Waals surface area contributed by atoms with E-state index in [4.69, 9.17) is 13.9 Å². The summed E-state index contributed by atoms with van der Waals surface area (Å²) in [5.41, 5.74) is 0.519. The Morgan fingerprint density at radius 3 is 2.79 bits per heavy atom. The molecule has 0 radical (unpaired) electrons. The second-order valence-corrected chi connectivity index (χ2v) is 7.75. The number of carbonyl (C=O) groups excluding carboxylic acids is 2. The quantitative estimate of drug-likeness (QED) is 0.584. The van der Waals surface area contributed by atoms with E-state index in [1.165, 1.54) is 0 Å². The number of esters is 2. The third kappa shape index (κ3) is 1.55. The Morgan fingerprint density at radius 1 is 1.12 bits per heavy atom. The van der Waals surface area contributed by atoms with Crippen LogP contribution in [0.4, 0.5) is 0 Å². The van der Waals surface area contributed by atoms with Crippen molar-refractivity contribution in [3.8, 4) is 0 Å². The van der Waals surface area contributed by atoms with Crippen molar-refractivity contribution in [2.75, 3.05) is 0 Å². The lowest BCUT2D eigenvalue weighted by Crippen LogP contribution is -2.53. The first kappa shape index (κ1) is 14.3. The van der Waals surface area contributed by atoms with Crippen molar-refractivity contribution in [1.82, 2.24) is 0 Å². The van der Waals surface area contributed by atoms with Crippen LogP contribution in [0.15, 0.2) is 35.2 Å². The standard InChI is InChI=1S/C19H20O5/c1-11-4-6-18-8-13(23-16(18)20)2-3-15(18)19(11)9-14(24-17(19)21)12-5-7-22-10-12/h5,7,10,13-15H,1-4,6,8-9H2/t13-,14-,15+,18-,19+/m1/s1. The summed E-state index contributed by atoms with van der Waals surface area (Å²) in [6.07, 6.45) is 7.30. The van der Waals surface area contributed by atoms with Crippen molar-refractivity contribution in [3.05, 3.63) is 36.3 Å². The zero-order chi connectivity index (χ0) is 16.5. The predicted molar refractivity (Wildman–Crippen MR) is 82.6 cm³/mol. The highest BCUT2D eigenvalue weighted by Gasteiger charge is 2.69. The molecule has 5 nitrogen and oxygen atoms in total. The Bertz CT molecular complexity index is 735. The first-order valence-corrected chi connectivity index (χ1v) is 8.69. The molecule has 126 valence electrons. The van der Waals surface area contributed by atoms with Crippen LogP contribution in [0.25, 0.3) is 0 Å². The van der Waals surface area contributed by atoms with Crippen molar-refractivity contribution >= 4 is 11.9 Å². The van der Waals surface area contributed by atoms with Gasteiger partial charge in [0.2, 0.25) is 0 Å². The molecule has 2 aliphatic heterocycles. The Hall–Kier alpha value is -2.04. The second kappa shape index (κ2) is 4.52. The molecule has 0 N–H and O–H groups in total. The molecule has 1 aromatic heterocycles. The summed E-state index contributed by atoms with van der Waals surface area (Å²) >= 11 is 0. The third-order valence-corrected chi connectivity index (χ3v) is 6.85. The van der Waals surface area contributed by atoms with Gasteiger partial charge in [-0.3, -0.25) is 9.59 Å². The molecular formula is C19H20O5. The topological polar surface area (TPSA) is 65.7 Å². The fraction of sp³-hybridized carbons (Fsp3) is 0.579. The zero-order valence-corrected chi connectivity index (χ0v) is 13.5. The number of cyclic esters (lactones) is 1. The number of rotatable bonds is 1. The van der Waals surface area contributed by atoms with Crippen LogP contribution in [0.5, 0.6) is 0 Å². The predicted octanol–water partition coefficient (Wildman–Crippen LogP) is 3.32. The van der Waals surface area contributed by atoms with E-state index in [0.717, 1.165) is 36.8 Å². The number of ether oxygens (including phenoxy) is 2. The van der Waals surface area contributed by atoms with Crippen LogP contribution in [0, 0.1) is 16.7 Å². The lowest BCUT2D eigenvalue weighted by molar-refractivity contribution is -0.159. The van der Waals surface area contributed by atoms with Gasteiger partial charge in [0.05, 0.1) is 23.4 Å².